The molecule has 1 rings (SSSR count). The second kappa shape index (κ2) is 3.06. The summed E-state index contributed by atoms with van der Waals surface area (Å²) in [6.07, 6.45) is 5.45. The van der Waals surface area contributed by atoms with E-state index in [-0.39, 0.29) is 0 Å². The first kappa shape index (κ1) is 6.86. The van der Waals surface area contributed by atoms with Crippen LogP contribution in [0.2, 0.25) is 0 Å². The molecule has 2 N–H and O–H groups in total. The van der Waals surface area contributed by atoms with Crippen molar-refractivity contribution >= 4 is 5.57 Å². The van der Waals surface area contributed by atoms with Gasteiger partial charge < -0.3 is 10.3 Å². The van der Waals surface area contributed by atoms with Gasteiger partial charge in [0.1, 0.15) is 5.82 Å². The summed E-state index contributed by atoms with van der Waals surface area (Å²) in [5.74, 6) is 0.911. The molecular weight excluding hydrogens is 126 g/mol. The SMILES string of the molecule is CN/C=C(\C)c1ncc[nH]1. The standard InChI is InChI=1S/C7H11N3/c1-6(5-8-2)7-9-3-4-10-7/h3-5,8H,1-2H3,(H,9,10)/b6-5+. The molecule has 0 bridgehead atoms. The molecule has 0 aliphatic heterocycles. The van der Waals surface area contributed by atoms with E-state index in [1.165, 1.54) is 0 Å². The normalized spacial score (nSPS) is 11.6. The average Bonchev–Trinajstić information content (AvgIpc) is 2.38. The Morgan fingerprint density at radius 1 is 1.80 bits per heavy atom. The van der Waals surface area contributed by atoms with Crippen LogP contribution in [0, 0.1) is 0 Å². The number of allylic oxidation sites excluding steroid dienone is 1. The smallest absolute Gasteiger partial charge is 0.134 e. The Balaban J connectivity index is 2.77. The molecule has 0 saturated heterocycles. The highest BCUT2D eigenvalue weighted by Gasteiger charge is 1.93. The number of imidazole rings is 1. The lowest BCUT2D eigenvalue weighted by molar-refractivity contribution is 1.09. The van der Waals surface area contributed by atoms with Crippen molar-refractivity contribution in [2.45, 2.75) is 6.92 Å². The molecule has 1 heterocycles. The Hall–Kier alpha value is -1.25. The molecule has 0 unspecified atom stereocenters. The molecule has 0 radical (unpaired) electrons. The van der Waals surface area contributed by atoms with Crippen molar-refractivity contribution in [2.75, 3.05) is 7.05 Å². The fraction of sp³-hybridized carbons (Fsp3) is 0.286. The molecule has 54 valence electrons. The van der Waals surface area contributed by atoms with Crippen LogP contribution in [0.3, 0.4) is 0 Å². The number of hydrogen-bond donors (Lipinski definition) is 2. The number of nitrogens with one attached hydrogen (secondary N) is 2. The summed E-state index contributed by atoms with van der Waals surface area (Å²) in [4.78, 5) is 7.07. The molecule has 10 heavy (non-hydrogen) atoms. The molecule has 0 aromatic carbocycles. The summed E-state index contributed by atoms with van der Waals surface area (Å²) in [5, 5.41) is 2.93. The first-order chi connectivity index (χ1) is 4.84. The van der Waals surface area contributed by atoms with Crippen molar-refractivity contribution in [3.63, 3.8) is 0 Å². The maximum absolute atomic E-state index is 4.07. The predicted octanol–water partition coefficient (Wildman–Crippen LogP) is 0.990. The summed E-state index contributed by atoms with van der Waals surface area (Å²) in [5.41, 5.74) is 1.10. The van der Waals surface area contributed by atoms with Crippen molar-refractivity contribution in [3.05, 3.63) is 24.4 Å². The van der Waals surface area contributed by atoms with E-state index < -0.39 is 0 Å². The highest BCUT2D eigenvalue weighted by atomic mass is 14.9. The number of aromatic amines is 1. The van der Waals surface area contributed by atoms with Crippen LogP contribution in [-0.2, 0) is 0 Å². The van der Waals surface area contributed by atoms with Crippen molar-refractivity contribution in [3.8, 4) is 0 Å². The molecule has 0 aliphatic carbocycles. The maximum atomic E-state index is 4.07. The van der Waals surface area contributed by atoms with Gasteiger partial charge in [-0.1, -0.05) is 0 Å². The quantitative estimate of drug-likeness (QED) is 0.638. The van der Waals surface area contributed by atoms with E-state index in [0.29, 0.717) is 0 Å². The first-order valence-electron chi connectivity index (χ1n) is 3.18. The number of H-pyrrole nitrogens is 1. The third-order valence-electron chi connectivity index (χ3n) is 1.23. The molecule has 0 fully saturated rings. The Morgan fingerprint density at radius 2 is 2.60 bits per heavy atom. The van der Waals surface area contributed by atoms with Gasteiger partial charge >= 0.3 is 0 Å². The topological polar surface area (TPSA) is 40.7 Å². The van der Waals surface area contributed by atoms with Gasteiger partial charge in [-0.2, -0.15) is 0 Å². The zero-order chi connectivity index (χ0) is 7.40. The van der Waals surface area contributed by atoms with Gasteiger partial charge in [0.15, 0.2) is 0 Å². The highest BCUT2D eigenvalue weighted by Crippen LogP contribution is 2.04. The molecule has 1 aromatic heterocycles. The molecule has 1 aromatic rings. The van der Waals surface area contributed by atoms with Crippen LogP contribution in [-0.4, -0.2) is 17.0 Å². The van der Waals surface area contributed by atoms with Crippen LogP contribution in [0.25, 0.3) is 5.57 Å². The Morgan fingerprint density at radius 3 is 3.10 bits per heavy atom. The average molecular weight is 137 g/mol. The number of nitrogens with zero attached hydrogens (tertiary/aromatic N) is 1. The Kier molecular flexibility index (Phi) is 2.10. The van der Waals surface area contributed by atoms with Gasteiger partial charge in [0.25, 0.3) is 0 Å². The Bertz CT molecular complexity index is 211. The zero-order valence-corrected chi connectivity index (χ0v) is 6.18. The van der Waals surface area contributed by atoms with E-state index in [4.69, 9.17) is 0 Å². The molecular formula is C7H11N3. The third kappa shape index (κ3) is 1.37. The second-order valence-corrected chi connectivity index (χ2v) is 2.05. The van der Waals surface area contributed by atoms with Crippen molar-refractivity contribution < 1.29 is 0 Å². The molecule has 3 heteroatoms. The van der Waals surface area contributed by atoms with Gasteiger partial charge in [-0.25, -0.2) is 4.98 Å². The summed E-state index contributed by atoms with van der Waals surface area (Å²) < 4.78 is 0. The van der Waals surface area contributed by atoms with Gasteiger partial charge in [0, 0.05) is 31.2 Å². The first-order valence-corrected chi connectivity index (χ1v) is 3.18. The van der Waals surface area contributed by atoms with Crippen LogP contribution < -0.4 is 5.32 Å². The van der Waals surface area contributed by atoms with Gasteiger partial charge in [-0.3, -0.25) is 0 Å². The third-order valence-corrected chi connectivity index (χ3v) is 1.23. The maximum Gasteiger partial charge on any atom is 0.134 e. The minimum atomic E-state index is 0.911. The lowest BCUT2D eigenvalue weighted by Gasteiger charge is -1.93. The van der Waals surface area contributed by atoms with Crippen molar-refractivity contribution in [1.82, 2.24) is 15.3 Å². The number of rotatable bonds is 2. The van der Waals surface area contributed by atoms with E-state index in [2.05, 4.69) is 15.3 Å². The van der Waals surface area contributed by atoms with Gasteiger partial charge in [-0.05, 0) is 6.92 Å². The monoisotopic (exact) mass is 137 g/mol. The summed E-state index contributed by atoms with van der Waals surface area (Å²) in [6.45, 7) is 2.00. The van der Waals surface area contributed by atoms with Gasteiger partial charge in [0.05, 0.1) is 0 Å². The van der Waals surface area contributed by atoms with Crippen LogP contribution in [0.15, 0.2) is 18.6 Å². The fourth-order valence-electron chi connectivity index (χ4n) is 0.766. The predicted molar refractivity (Wildman–Crippen MR) is 41.3 cm³/mol. The molecule has 0 saturated carbocycles. The fourth-order valence-corrected chi connectivity index (χ4v) is 0.766. The lowest BCUT2D eigenvalue weighted by Crippen LogP contribution is -1.95. The molecule has 0 aliphatic rings. The van der Waals surface area contributed by atoms with E-state index in [9.17, 15) is 0 Å². The van der Waals surface area contributed by atoms with E-state index >= 15 is 0 Å². The van der Waals surface area contributed by atoms with Crippen molar-refractivity contribution in [2.24, 2.45) is 0 Å². The minimum Gasteiger partial charge on any atom is -0.394 e. The minimum absolute atomic E-state index is 0.911. The Labute approximate surface area is 60.2 Å². The van der Waals surface area contributed by atoms with Gasteiger partial charge in [-0.15, -0.1) is 0 Å². The summed E-state index contributed by atoms with van der Waals surface area (Å²) in [6, 6.07) is 0. The van der Waals surface area contributed by atoms with Crippen LogP contribution in [0.4, 0.5) is 0 Å². The second-order valence-electron chi connectivity index (χ2n) is 2.05. The number of aromatic nitrogens is 2. The molecule has 0 atom stereocenters. The van der Waals surface area contributed by atoms with Crippen molar-refractivity contribution in [1.29, 1.82) is 0 Å². The van der Waals surface area contributed by atoms with Crippen LogP contribution >= 0.6 is 0 Å². The molecule has 0 amide bonds. The van der Waals surface area contributed by atoms with E-state index in [0.717, 1.165) is 11.4 Å². The molecule has 0 spiro atoms. The van der Waals surface area contributed by atoms with E-state index in [1.54, 1.807) is 6.20 Å². The highest BCUT2D eigenvalue weighted by molar-refractivity contribution is 5.56. The summed E-state index contributed by atoms with van der Waals surface area (Å²) in [7, 11) is 1.87. The summed E-state index contributed by atoms with van der Waals surface area (Å²) >= 11 is 0. The lowest BCUT2D eigenvalue weighted by atomic mass is 10.3. The van der Waals surface area contributed by atoms with Gasteiger partial charge in [0.2, 0.25) is 0 Å². The largest absolute Gasteiger partial charge is 0.394 e. The van der Waals surface area contributed by atoms with Crippen LogP contribution in [0.5, 0.6) is 0 Å². The number of hydrogen-bond acceptors (Lipinski definition) is 2. The van der Waals surface area contributed by atoms with E-state index in [1.807, 2.05) is 26.4 Å². The zero-order valence-electron chi connectivity index (χ0n) is 6.18. The molecule has 3 nitrogen and oxygen atoms in total. The van der Waals surface area contributed by atoms with Crippen LogP contribution in [0.1, 0.15) is 12.7 Å².